The molecule has 0 bridgehead atoms. The standard InChI is InChI=1S/C10H6F12/c1-3-5(11,12)7(9(17,18)19,10(20,21)22)8(15,16)6(13,14)4-2/h3-4H,1-2H2. The normalized spacial score (nSPS) is 15.6. The van der Waals surface area contributed by atoms with Crippen molar-refractivity contribution in [3.63, 3.8) is 0 Å². The maximum atomic E-state index is 13.4. The highest BCUT2D eigenvalue weighted by atomic mass is 19.4. The van der Waals surface area contributed by atoms with E-state index in [-0.39, 0.29) is 0 Å². The van der Waals surface area contributed by atoms with Gasteiger partial charge in [0.15, 0.2) is 0 Å². The number of allylic oxidation sites excluding steroid dienone is 2. The molecular weight excluding hydrogens is 348 g/mol. The summed E-state index contributed by atoms with van der Waals surface area (Å²) in [6.07, 6.45) is -17.7. The van der Waals surface area contributed by atoms with Crippen molar-refractivity contribution in [2.45, 2.75) is 30.1 Å². The van der Waals surface area contributed by atoms with Crippen LogP contribution in [0.3, 0.4) is 0 Å². The molecule has 0 aliphatic carbocycles. The lowest BCUT2D eigenvalue weighted by Crippen LogP contribution is -2.73. The van der Waals surface area contributed by atoms with Crippen LogP contribution < -0.4 is 0 Å². The Bertz CT molecular complexity index is 424. The molecule has 0 unspecified atom stereocenters. The largest absolute Gasteiger partial charge is 0.415 e. The fourth-order valence-corrected chi connectivity index (χ4v) is 1.64. The number of halogens is 12. The lowest BCUT2D eigenvalue weighted by molar-refractivity contribution is -0.464. The van der Waals surface area contributed by atoms with Gasteiger partial charge in [0.1, 0.15) is 0 Å². The van der Waals surface area contributed by atoms with E-state index in [0.717, 1.165) is 0 Å². The Kier molecular flexibility index (Phi) is 4.77. The number of rotatable bonds is 5. The summed E-state index contributed by atoms with van der Waals surface area (Å²) in [6, 6.07) is 0. The summed E-state index contributed by atoms with van der Waals surface area (Å²) in [4.78, 5) is 0. The molecule has 22 heavy (non-hydrogen) atoms. The van der Waals surface area contributed by atoms with Gasteiger partial charge in [-0.2, -0.15) is 43.9 Å². The van der Waals surface area contributed by atoms with E-state index in [9.17, 15) is 52.7 Å². The highest BCUT2D eigenvalue weighted by molar-refractivity contribution is 5.22. The fourth-order valence-electron chi connectivity index (χ4n) is 1.64. The van der Waals surface area contributed by atoms with E-state index in [2.05, 4.69) is 0 Å². The lowest BCUT2D eigenvalue weighted by atomic mass is 9.71. The van der Waals surface area contributed by atoms with Crippen molar-refractivity contribution in [1.82, 2.24) is 0 Å². The summed E-state index contributed by atoms with van der Waals surface area (Å²) in [5.41, 5.74) is -7.40. The molecule has 0 aromatic heterocycles. The second-order valence-corrected chi connectivity index (χ2v) is 3.97. The molecule has 0 radical (unpaired) electrons. The second kappa shape index (κ2) is 5.08. The molecule has 0 aromatic carbocycles. The summed E-state index contributed by atoms with van der Waals surface area (Å²) >= 11 is 0. The van der Waals surface area contributed by atoms with Crippen LogP contribution in [0.5, 0.6) is 0 Å². The highest BCUT2D eigenvalue weighted by Gasteiger charge is 2.95. The summed E-state index contributed by atoms with van der Waals surface area (Å²) in [5.74, 6) is -20.1. The van der Waals surface area contributed by atoms with Crippen molar-refractivity contribution < 1.29 is 52.7 Å². The third kappa shape index (κ3) is 2.35. The monoisotopic (exact) mass is 354 g/mol. The Morgan fingerprint density at radius 2 is 0.773 bits per heavy atom. The zero-order valence-corrected chi connectivity index (χ0v) is 10.1. The van der Waals surface area contributed by atoms with Crippen LogP contribution >= 0.6 is 0 Å². The third-order valence-corrected chi connectivity index (χ3v) is 2.75. The molecule has 0 aliphatic heterocycles. The van der Waals surface area contributed by atoms with Gasteiger partial charge in [0, 0.05) is 0 Å². The lowest BCUT2D eigenvalue weighted by Gasteiger charge is -2.47. The van der Waals surface area contributed by atoms with E-state index in [1.165, 1.54) is 0 Å². The smallest absolute Gasteiger partial charge is 0.200 e. The number of alkyl halides is 12. The van der Waals surface area contributed by atoms with Gasteiger partial charge >= 0.3 is 24.2 Å². The molecule has 0 amide bonds. The van der Waals surface area contributed by atoms with E-state index >= 15 is 0 Å². The van der Waals surface area contributed by atoms with Gasteiger partial charge in [-0.15, -0.1) is 0 Å². The van der Waals surface area contributed by atoms with Crippen LogP contribution in [-0.2, 0) is 0 Å². The van der Waals surface area contributed by atoms with Crippen LogP contribution in [0.1, 0.15) is 0 Å². The van der Waals surface area contributed by atoms with Crippen molar-refractivity contribution in [3.05, 3.63) is 25.3 Å². The van der Waals surface area contributed by atoms with E-state index in [4.69, 9.17) is 0 Å². The second-order valence-electron chi connectivity index (χ2n) is 3.97. The summed E-state index contributed by atoms with van der Waals surface area (Å²) in [6.45, 7) is 3.84. The summed E-state index contributed by atoms with van der Waals surface area (Å²) < 4.78 is 155. The van der Waals surface area contributed by atoms with E-state index < -0.39 is 47.7 Å². The predicted molar refractivity (Wildman–Crippen MR) is 49.8 cm³/mol. The minimum absolute atomic E-state index is 1.28. The fraction of sp³-hybridized carbons (Fsp3) is 0.600. The maximum absolute atomic E-state index is 13.4. The molecule has 0 fully saturated rings. The third-order valence-electron chi connectivity index (χ3n) is 2.75. The van der Waals surface area contributed by atoms with Gasteiger partial charge in [-0.3, -0.25) is 0 Å². The van der Waals surface area contributed by atoms with Crippen LogP contribution in [0.15, 0.2) is 25.3 Å². The molecule has 0 saturated carbocycles. The zero-order chi connectivity index (χ0) is 18.4. The molecule has 0 heterocycles. The summed E-state index contributed by atoms with van der Waals surface area (Å²) in [5, 5.41) is 0. The van der Waals surface area contributed by atoms with Crippen molar-refractivity contribution in [3.8, 4) is 0 Å². The minimum atomic E-state index is -7.50. The van der Waals surface area contributed by atoms with Gasteiger partial charge in [0.2, 0.25) is 0 Å². The molecular formula is C10H6F12. The maximum Gasteiger partial charge on any atom is 0.415 e. The van der Waals surface area contributed by atoms with Gasteiger partial charge in [-0.25, -0.2) is 8.78 Å². The van der Waals surface area contributed by atoms with Gasteiger partial charge in [-0.05, 0) is 12.2 Å². The Morgan fingerprint density at radius 3 is 0.955 bits per heavy atom. The molecule has 0 aliphatic rings. The van der Waals surface area contributed by atoms with Gasteiger partial charge < -0.3 is 0 Å². The Hall–Kier alpha value is -1.36. The quantitative estimate of drug-likeness (QED) is 0.460. The highest BCUT2D eigenvalue weighted by Crippen LogP contribution is 2.69. The van der Waals surface area contributed by atoms with Crippen LogP contribution in [0.2, 0.25) is 0 Å². The average molecular weight is 354 g/mol. The van der Waals surface area contributed by atoms with Crippen LogP contribution in [0.4, 0.5) is 52.7 Å². The van der Waals surface area contributed by atoms with Crippen molar-refractivity contribution in [2.24, 2.45) is 5.41 Å². The van der Waals surface area contributed by atoms with Crippen LogP contribution in [0, 0.1) is 5.41 Å². The molecule has 130 valence electrons. The van der Waals surface area contributed by atoms with E-state index in [1.54, 1.807) is 0 Å². The Balaban J connectivity index is 7.15. The predicted octanol–water partition coefficient (Wildman–Crippen LogP) is 5.38. The molecule has 0 nitrogen and oxygen atoms in total. The minimum Gasteiger partial charge on any atom is -0.200 e. The summed E-state index contributed by atoms with van der Waals surface area (Å²) in [7, 11) is 0. The Morgan fingerprint density at radius 1 is 0.500 bits per heavy atom. The van der Waals surface area contributed by atoms with Crippen molar-refractivity contribution in [2.75, 3.05) is 0 Å². The Labute approximate surface area is 115 Å². The van der Waals surface area contributed by atoms with Gasteiger partial charge in [-0.1, -0.05) is 13.2 Å². The average Bonchev–Trinajstić information content (AvgIpc) is 2.24. The first-order valence-corrected chi connectivity index (χ1v) is 4.91. The van der Waals surface area contributed by atoms with Gasteiger partial charge in [0.05, 0.1) is 0 Å². The molecule has 12 heteroatoms. The molecule has 0 saturated heterocycles. The molecule has 0 rings (SSSR count). The van der Waals surface area contributed by atoms with Crippen LogP contribution in [-0.4, -0.2) is 30.1 Å². The first kappa shape index (κ1) is 20.6. The topological polar surface area (TPSA) is 0 Å². The van der Waals surface area contributed by atoms with Crippen molar-refractivity contribution in [1.29, 1.82) is 0 Å². The van der Waals surface area contributed by atoms with E-state index in [0.29, 0.717) is 0 Å². The first-order chi connectivity index (χ1) is 9.37. The van der Waals surface area contributed by atoms with Crippen molar-refractivity contribution >= 4 is 0 Å². The zero-order valence-electron chi connectivity index (χ0n) is 10.1. The van der Waals surface area contributed by atoms with Crippen LogP contribution in [0.25, 0.3) is 0 Å². The number of hydrogen-bond acceptors (Lipinski definition) is 0. The SMILES string of the molecule is C=CC(F)(F)C(F)(F)C(C(F)(F)F)(C(F)(F)F)C(F)(F)C=C. The molecule has 0 spiro atoms. The molecule has 0 aromatic rings. The van der Waals surface area contributed by atoms with E-state index in [1.807, 2.05) is 13.2 Å². The molecule has 0 N–H and O–H groups in total. The number of hydrogen-bond donors (Lipinski definition) is 0. The van der Waals surface area contributed by atoms with Gasteiger partial charge in [0.25, 0.3) is 11.3 Å². The molecule has 0 atom stereocenters. The first-order valence-electron chi connectivity index (χ1n) is 4.91.